The number of halogens is 2. The van der Waals surface area contributed by atoms with E-state index in [1.807, 2.05) is 0 Å². The summed E-state index contributed by atoms with van der Waals surface area (Å²) in [4.78, 5) is 2.96. The number of benzene rings is 2. The van der Waals surface area contributed by atoms with E-state index in [9.17, 15) is 8.78 Å². The predicted molar refractivity (Wildman–Crippen MR) is 68.4 cm³/mol. The monoisotopic (exact) mass is 262 g/mol. The Kier molecular flexibility index (Phi) is 2.48. The number of nitrogens with zero attached hydrogens (tertiary/aromatic N) is 1. The van der Waals surface area contributed by atoms with Crippen LogP contribution in [0.15, 0.2) is 42.5 Å². The molecule has 0 atom stereocenters. The molecule has 18 heavy (non-hydrogen) atoms. The highest BCUT2D eigenvalue weighted by molar-refractivity contribution is 7.71. The van der Waals surface area contributed by atoms with Crippen molar-refractivity contribution >= 4 is 23.3 Å². The normalized spacial score (nSPS) is 11.0. The van der Waals surface area contributed by atoms with Gasteiger partial charge in [-0.2, -0.15) is 0 Å². The number of nitrogens with one attached hydrogen (secondary N) is 1. The molecule has 90 valence electrons. The van der Waals surface area contributed by atoms with Crippen molar-refractivity contribution in [2.24, 2.45) is 0 Å². The molecule has 0 amide bonds. The molecule has 0 aliphatic heterocycles. The van der Waals surface area contributed by atoms with Crippen LogP contribution < -0.4 is 0 Å². The van der Waals surface area contributed by atoms with E-state index < -0.39 is 0 Å². The zero-order valence-corrected chi connectivity index (χ0v) is 9.97. The van der Waals surface area contributed by atoms with Crippen molar-refractivity contribution < 1.29 is 8.78 Å². The van der Waals surface area contributed by atoms with E-state index in [2.05, 4.69) is 4.98 Å². The number of hydrogen-bond acceptors (Lipinski definition) is 1. The molecule has 1 N–H and O–H groups in total. The third-order valence-electron chi connectivity index (χ3n) is 2.71. The van der Waals surface area contributed by atoms with Crippen LogP contribution in [0.4, 0.5) is 8.78 Å². The first-order valence-electron chi connectivity index (χ1n) is 5.31. The average molecular weight is 262 g/mol. The topological polar surface area (TPSA) is 20.7 Å². The molecular weight excluding hydrogens is 254 g/mol. The first-order chi connectivity index (χ1) is 8.65. The van der Waals surface area contributed by atoms with Gasteiger partial charge in [-0.25, -0.2) is 8.78 Å². The third-order valence-corrected chi connectivity index (χ3v) is 3.00. The van der Waals surface area contributed by atoms with Crippen LogP contribution in [-0.4, -0.2) is 9.55 Å². The summed E-state index contributed by atoms with van der Waals surface area (Å²) in [7, 11) is 0. The van der Waals surface area contributed by atoms with Crippen LogP contribution in [0.25, 0.3) is 16.7 Å². The number of rotatable bonds is 1. The molecule has 3 aromatic rings. The van der Waals surface area contributed by atoms with Gasteiger partial charge in [0, 0.05) is 6.07 Å². The lowest BCUT2D eigenvalue weighted by atomic mass is 10.2. The van der Waals surface area contributed by atoms with Crippen molar-refractivity contribution in [1.29, 1.82) is 0 Å². The number of imidazole rings is 1. The summed E-state index contributed by atoms with van der Waals surface area (Å²) in [5.41, 5.74) is 1.87. The fourth-order valence-corrected chi connectivity index (χ4v) is 2.26. The van der Waals surface area contributed by atoms with Gasteiger partial charge in [0.2, 0.25) is 0 Å². The van der Waals surface area contributed by atoms with E-state index in [1.165, 1.54) is 24.3 Å². The quantitative estimate of drug-likeness (QED) is 0.658. The van der Waals surface area contributed by atoms with Crippen molar-refractivity contribution in [1.82, 2.24) is 9.55 Å². The molecule has 0 bridgehead atoms. The molecular formula is C13H8F2N2S. The number of H-pyrrole nitrogens is 1. The molecule has 0 fully saturated rings. The molecule has 3 rings (SSSR count). The molecule has 5 heteroatoms. The van der Waals surface area contributed by atoms with E-state index in [4.69, 9.17) is 12.2 Å². The number of hydrogen-bond donors (Lipinski definition) is 1. The molecule has 2 nitrogen and oxygen atoms in total. The third kappa shape index (κ3) is 1.73. The highest BCUT2D eigenvalue weighted by atomic mass is 32.1. The minimum atomic E-state index is -0.361. The molecule has 0 aliphatic rings. The predicted octanol–water partition coefficient (Wildman–Crippen LogP) is 3.97. The first kappa shape index (κ1) is 11.1. The van der Waals surface area contributed by atoms with Crippen molar-refractivity contribution in [2.45, 2.75) is 0 Å². The molecule has 0 radical (unpaired) electrons. The summed E-state index contributed by atoms with van der Waals surface area (Å²) >= 11 is 5.18. The molecule has 0 saturated carbocycles. The van der Waals surface area contributed by atoms with Gasteiger partial charge in [-0.1, -0.05) is 6.07 Å². The molecule has 2 aromatic carbocycles. The average Bonchev–Trinajstić information content (AvgIpc) is 2.64. The van der Waals surface area contributed by atoms with Crippen molar-refractivity contribution in [3.63, 3.8) is 0 Å². The standard InChI is InChI=1S/C13H8F2N2S/c14-8-2-1-3-10(6-8)17-12-7-9(15)4-5-11(12)16-13(17)18/h1-7H,(H,16,18). The highest BCUT2D eigenvalue weighted by Crippen LogP contribution is 2.20. The zero-order chi connectivity index (χ0) is 12.7. The Labute approximate surface area is 106 Å². The van der Waals surface area contributed by atoms with Gasteiger partial charge in [0.15, 0.2) is 4.77 Å². The fraction of sp³-hybridized carbons (Fsp3) is 0. The second-order valence-electron chi connectivity index (χ2n) is 3.91. The van der Waals surface area contributed by atoms with Crippen LogP contribution in [0.2, 0.25) is 0 Å². The minimum Gasteiger partial charge on any atom is -0.330 e. The summed E-state index contributed by atoms with van der Waals surface area (Å²) in [6.07, 6.45) is 0. The number of fused-ring (bicyclic) bond motifs is 1. The smallest absolute Gasteiger partial charge is 0.182 e. The molecule has 0 aliphatic carbocycles. The lowest BCUT2D eigenvalue weighted by molar-refractivity contribution is 0.626. The molecule has 0 saturated heterocycles. The SMILES string of the molecule is Fc1cccc(-n2c(=S)[nH]c3ccc(F)cc32)c1. The van der Waals surface area contributed by atoms with Crippen LogP contribution in [0.3, 0.4) is 0 Å². The summed E-state index contributed by atoms with van der Waals surface area (Å²) in [5, 5.41) is 0. The van der Waals surface area contributed by atoms with Gasteiger partial charge < -0.3 is 4.98 Å². The van der Waals surface area contributed by atoms with E-state index in [0.29, 0.717) is 21.5 Å². The van der Waals surface area contributed by atoms with Crippen LogP contribution in [0.5, 0.6) is 0 Å². The minimum absolute atomic E-state index is 0.360. The van der Waals surface area contributed by atoms with Gasteiger partial charge >= 0.3 is 0 Å². The maximum Gasteiger partial charge on any atom is 0.182 e. The van der Waals surface area contributed by atoms with E-state index in [-0.39, 0.29) is 11.6 Å². The van der Waals surface area contributed by atoms with Crippen LogP contribution in [0.1, 0.15) is 0 Å². The second kappa shape index (κ2) is 4.03. The zero-order valence-electron chi connectivity index (χ0n) is 9.15. The Morgan fingerprint density at radius 3 is 2.56 bits per heavy atom. The lowest BCUT2D eigenvalue weighted by Gasteiger charge is -2.04. The van der Waals surface area contributed by atoms with Gasteiger partial charge in [0.05, 0.1) is 16.7 Å². The van der Waals surface area contributed by atoms with Crippen molar-refractivity contribution in [3.8, 4) is 5.69 Å². The Hall–Kier alpha value is -2.01. The Morgan fingerprint density at radius 1 is 1.00 bits per heavy atom. The maximum atomic E-state index is 13.3. The molecule has 1 aromatic heterocycles. The Balaban J connectivity index is 2.38. The number of aromatic nitrogens is 2. The summed E-state index contributed by atoms with van der Waals surface area (Å²) in [5.74, 6) is -0.721. The molecule has 0 spiro atoms. The number of aromatic amines is 1. The Morgan fingerprint density at radius 2 is 1.78 bits per heavy atom. The van der Waals surface area contributed by atoms with Gasteiger partial charge in [-0.05, 0) is 42.5 Å². The lowest BCUT2D eigenvalue weighted by Crippen LogP contribution is -1.94. The maximum absolute atomic E-state index is 13.3. The fourth-order valence-electron chi connectivity index (χ4n) is 1.95. The molecule has 1 heterocycles. The van der Waals surface area contributed by atoms with E-state index >= 15 is 0 Å². The summed E-state index contributed by atoms with van der Waals surface area (Å²) in [6, 6.07) is 10.3. The van der Waals surface area contributed by atoms with Crippen molar-refractivity contribution in [2.75, 3.05) is 0 Å². The summed E-state index contributed by atoms with van der Waals surface area (Å²) in [6.45, 7) is 0. The van der Waals surface area contributed by atoms with Crippen LogP contribution in [0, 0.1) is 16.4 Å². The first-order valence-corrected chi connectivity index (χ1v) is 5.72. The van der Waals surface area contributed by atoms with Crippen LogP contribution >= 0.6 is 12.2 Å². The highest BCUT2D eigenvalue weighted by Gasteiger charge is 2.07. The van der Waals surface area contributed by atoms with E-state index in [1.54, 1.807) is 22.8 Å². The Bertz CT molecular complexity index is 789. The second-order valence-corrected chi connectivity index (χ2v) is 4.29. The van der Waals surface area contributed by atoms with Gasteiger partial charge in [-0.3, -0.25) is 4.57 Å². The van der Waals surface area contributed by atoms with Gasteiger partial charge in [0.1, 0.15) is 11.6 Å². The molecule has 0 unspecified atom stereocenters. The summed E-state index contributed by atoms with van der Waals surface area (Å²) < 4.78 is 28.5. The van der Waals surface area contributed by atoms with Gasteiger partial charge in [0.25, 0.3) is 0 Å². The van der Waals surface area contributed by atoms with E-state index in [0.717, 1.165) is 0 Å². The van der Waals surface area contributed by atoms with Crippen LogP contribution in [-0.2, 0) is 0 Å². The van der Waals surface area contributed by atoms with Gasteiger partial charge in [-0.15, -0.1) is 0 Å². The largest absolute Gasteiger partial charge is 0.330 e. The van der Waals surface area contributed by atoms with Crippen molar-refractivity contribution in [3.05, 3.63) is 58.9 Å².